The fraction of sp³-hybridized carbons (Fsp3) is 0.429. The number of hydrogen-bond acceptors (Lipinski definition) is 6. The van der Waals surface area contributed by atoms with E-state index in [0.717, 1.165) is 24.8 Å². The maximum absolute atomic E-state index is 12.8. The van der Waals surface area contributed by atoms with Crippen LogP contribution in [-0.4, -0.2) is 39.5 Å². The van der Waals surface area contributed by atoms with Gasteiger partial charge in [-0.1, -0.05) is 49.3 Å². The average molecular weight is 440 g/mol. The summed E-state index contributed by atoms with van der Waals surface area (Å²) in [5, 5.41) is 12.4. The van der Waals surface area contributed by atoms with Crippen LogP contribution in [0.15, 0.2) is 40.9 Å². The quantitative estimate of drug-likeness (QED) is 0.415. The van der Waals surface area contributed by atoms with Crippen LogP contribution in [0.4, 0.5) is 13.2 Å². The Morgan fingerprint density at radius 1 is 1.23 bits per heavy atom. The van der Waals surface area contributed by atoms with E-state index in [1.54, 1.807) is 0 Å². The van der Waals surface area contributed by atoms with Crippen molar-refractivity contribution in [3.8, 4) is 0 Å². The van der Waals surface area contributed by atoms with Gasteiger partial charge in [-0.3, -0.25) is 4.79 Å². The molecule has 2 aromatic rings. The second kappa shape index (κ2) is 10.7. The summed E-state index contributed by atoms with van der Waals surface area (Å²) in [6.07, 6.45) is -5.90. The van der Waals surface area contributed by atoms with Gasteiger partial charge in [-0.15, -0.1) is 0 Å². The third-order valence-corrected chi connectivity index (χ3v) is 4.34. The second-order valence-electron chi connectivity index (χ2n) is 7.01. The molecule has 10 heteroatoms. The summed E-state index contributed by atoms with van der Waals surface area (Å²) in [5.74, 6) is -2.80. The fourth-order valence-corrected chi connectivity index (χ4v) is 2.67. The Kier molecular flexibility index (Phi) is 8.35. The molecule has 0 saturated carbocycles. The molecule has 0 bridgehead atoms. The Labute approximate surface area is 176 Å². The van der Waals surface area contributed by atoms with Crippen LogP contribution in [0.5, 0.6) is 0 Å². The van der Waals surface area contributed by atoms with Gasteiger partial charge in [-0.05, 0) is 24.0 Å². The molecule has 1 atom stereocenters. The molecular formula is C21H23F3N2O5. The average Bonchev–Trinajstić information content (AvgIpc) is 3.12. The van der Waals surface area contributed by atoms with Crippen LogP contribution in [0.1, 0.15) is 49.0 Å². The van der Waals surface area contributed by atoms with Gasteiger partial charge in [0.1, 0.15) is 0 Å². The molecule has 1 aromatic heterocycles. The summed E-state index contributed by atoms with van der Waals surface area (Å²) in [5.41, 5.74) is 1.82. The Balaban J connectivity index is 1.93. The van der Waals surface area contributed by atoms with Crippen LogP contribution in [0.2, 0.25) is 0 Å². The second-order valence-corrected chi connectivity index (χ2v) is 7.01. The fourth-order valence-electron chi connectivity index (χ4n) is 2.67. The van der Waals surface area contributed by atoms with Gasteiger partial charge >= 0.3 is 18.1 Å². The molecule has 1 heterocycles. The number of benzene rings is 1. The lowest BCUT2D eigenvalue weighted by Crippen LogP contribution is -2.36. The maximum atomic E-state index is 12.8. The number of hydrogen-bond donors (Lipinski definition) is 1. The van der Waals surface area contributed by atoms with Gasteiger partial charge in [0, 0.05) is 12.0 Å². The van der Waals surface area contributed by atoms with Crippen LogP contribution in [0.25, 0.3) is 0 Å². The van der Waals surface area contributed by atoms with Crippen molar-refractivity contribution in [3.05, 3.63) is 59.3 Å². The third-order valence-electron chi connectivity index (χ3n) is 4.34. The van der Waals surface area contributed by atoms with Gasteiger partial charge in [0.2, 0.25) is 12.0 Å². The van der Waals surface area contributed by atoms with E-state index in [-0.39, 0.29) is 17.9 Å². The third kappa shape index (κ3) is 7.88. The molecule has 0 aliphatic carbocycles. The van der Waals surface area contributed by atoms with E-state index in [2.05, 4.69) is 28.4 Å². The van der Waals surface area contributed by atoms with Gasteiger partial charge in [0.05, 0.1) is 12.8 Å². The highest BCUT2D eigenvalue weighted by molar-refractivity contribution is 5.88. The zero-order valence-corrected chi connectivity index (χ0v) is 16.9. The number of carbonyl (C=O) groups is 2. The zero-order valence-electron chi connectivity index (χ0n) is 16.9. The van der Waals surface area contributed by atoms with Crippen LogP contribution in [0.3, 0.4) is 0 Å². The largest absolute Gasteiger partial charge is 0.481 e. The number of aliphatic carboxylic acids is 1. The smallest absolute Gasteiger partial charge is 0.426 e. The minimum Gasteiger partial charge on any atom is -0.481 e. The molecule has 0 radical (unpaired) electrons. The molecule has 1 aromatic carbocycles. The first-order valence-corrected chi connectivity index (χ1v) is 9.65. The van der Waals surface area contributed by atoms with Crippen molar-refractivity contribution in [1.82, 2.24) is 10.1 Å². The minimum atomic E-state index is -5.02. The minimum absolute atomic E-state index is 0.0155. The first kappa shape index (κ1) is 24.1. The molecule has 1 N–H and O–H groups in total. The highest BCUT2D eigenvalue weighted by Gasteiger charge is 2.44. The van der Waals surface area contributed by atoms with Gasteiger partial charge in [-0.25, -0.2) is 4.79 Å². The van der Waals surface area contributed by atoms with E-state index in [1.165, 1.54) is 5.56 Å². The Hall–Kier alpha value is -3.17. The highest BCUT2D eigenvalue weighted by atomic mass is 19.4. The monoisotopic (exact) mass is 440 g/mol. The lowest BCUT2D eigenvalue weighted by atomic mass is 10.0. The first-order valence-electron chi connectivity index (χ1n) is 9.65. The number of alkyl halides is 3. The summed E-state index contributed by atoms with van der Waals surface area (Å²) >= 11 is 0. The molecule has 168 valence electrons. The number of ether oxygens (including phenoxy) is 1. The summed E-state index contributed by atoms with van der Waals surface area (Å²) in [4.78, 5) is 26.6. The van der Waals surface area contributed by atoms with Crippen molar-refractivity contribution in [1.29, 1.82) is 0 Å². The lowest BCUT2D eigenvalue weighted by Gasteiger charge is -2.19. The molecule has 0 fully saturated rings. The number of unbranched alkanes of at least 4 members (excludes halogenated alkanes) is 1. The van der Waals surface area contributed by atoms with Crippen LogP contribution < -0.4 is 0 Å². The molecule has 0 aliphatic heterocycles. The van der Waals surface area contributed by atoms with E-state index in [9.17, 15) is 22.8 Å². The topological polar surface area (TPSA) is 103 Å². The summed E-state index contributed by atoms with van der Waals surface area (Å²) < 4.78 is 47.7. The summed E-state index contributed by atoms with van der Waals surface area (Å²) in [6.45, 7) is 5.50. The van der Waals surface area contributed by atoms with Gasteiger partial charge in [0.25, 0.3) is 0 Å². The maximum Gasteiger partial charge on any atom is 0.426 e. The SMILES string of the molecule is C=C(Cc1nc(Cc2ccc(CCCC)cc2)no1)C(=O)OC(CC(=O)O)C(F)(F)F. The zero-order chi connectivity index (χ0) is 23.0. The van der Waals surface area contributed by atoms with Crippen LogP contribution >= 0.6 is 0 Å². The van der Waals surface area contributed by atoms with Crippen LogP contribution in [0, 0.1) is 0 Å². The molecular weight excluding hydrogens is 417 g/mol. The van der Waals surface area contributed by atoms with Crippen molar-refractivity contribution < 1.29 is 37.1 Å². The van der Waals surface area contributed by atoms with E-state index in [4.69, 9.17) is 9.63 Å². The number of nitrogens with zero attached hydrogens (tertiary/aromatic N) is 2. The number of aryl methyl sites for hydroxylation is 1. The predicted octanol–water partition coefficient (Wildman–Crippen LogP) is 4.05. The van der Waals surface area contributed by atoms with Crippen molar-refractivity contribution in [2.24, 2.45) is 0 Å². The molecule has 0 aliphatic rings. The number of carboxylic acids is 1. The molecule has 7 nitrogen and oxygen atoms in total. The Morgan fingerprint density at radius 3 is 2.45 bits per heavy atom. The number of carbonyl (C=O) groups excluding carboxylic acids is 1. The number of esters is 1. The number of carboxylic acid groups (broad SMARTS) is 1. The van der Waals surface area contributed by atoms with E-state index >= 15 is 0 Å². The van der Waals surface area contributed by atoms with E-state index in [1.807, 2.05) is 24.3 Å². The Morgan fingerprint density at radius 2 is 1.87 bits per heavy atom. The van der Waals surface area contributed by atoms with Crippen molar-refractivity contribution >= 4 is 11.9 Å². The molecule has 2 rings (SSSR count). The summed E-state index contributed by atoms with van der Waals surface area (Å²) in [6, 6.07) is 7.96. The van der Waals surface area contributed by atoms with Crippen molar-refractivity contribution in [3.63, 3.8) is 0 Å². The van der Waals surface area contributed by atoms with Crippen molar-refractivity contribution in [2.75, 3.05) is 0 Å². The number of halogens is 3. The predicted molar refractivity (Wildman–Crippen MR) is 103 cm³/mol. The first-order chi connectivity index (χ1) is 14.6. The van der Waals surface area contributed by atoms with Gasteiger partial charge in [0.15, 0.2) is 5.82 Å². The standard InChI is InChI=1S/C21H23F3N2O5/c1-3-4-5-14-6-8-15(9-7-14)11-17-25-18(31-26-17)10-13(2)20(29)30-16(12-19(27)28)21(22,23)24/h6-9,16H,2-5,10-12H2,1H3,(H,27,28). The lowest BCUT2D eigenvalue weighted by molar-refractivity contribution is -0.222. The number of rotatable bonds is 11. The molecule has 0 saturated heterocycles. The number of aromatic nitrogens is 2. The molecule has 0 amide bonds. The molecule has 31 heavy (non-hydrogen) atoms. The summed E-state index contributed by atoms with van der Waals surface area (Å²) in [7, 11) is 0. The van der Waals surface area contributed by atoms with Gasteiger partial charge < -0.3 is 14.4 Å². The normalized spacial score (nSPS) is 12.4. The Bertz CT molecular complexity index is 906. The van der Waals surface area contributed by atoms with Crippen molar-refractivity contribution in [2.45, 2.75) is 57.7 Å². The van der Waals surface area contributed by atoms with Crippen LogP contribution in [-0.2, 0) is 33.6 Å². The molecule has 0 spiro atoms. The van der Waals surface area contributed by atoms with E-state index in [0.29, 0.717) is 12.2 Å². The highest BCUT2D eigenvalue weighted by Crippen LogP contribution is 2.26. The van der Waals surface area contributed by atoms with E-state index < -0.39 is 30.6 Å². The van der Waals surface area contributed by atoms with Gasteiger partial charge in [-0.2, -0.15) is 18.2 Å². The molecule has 1 unspecified atom stereocenters.